The molecule has 3 N–H and O–H groups in total. The van der Waals surface area contributed by atoms with Crippen molar-refractivity contribution in [3.05, 3.63) is 35.6 Å². The zero-order valence-corrected chi connectivity index (χ0v) is 14.7. The highest BCUT2D eigenvalue weighted by molar-refractivity contribution is 5.89. The van der Waals surface area contributed by atoms with Gasteiger partial charge in [-0.3, -0.25) is 15.0 Å². The first-order valence-corrected chi connectivity index (χ1v) is 9.45. The number of amides is 2. The largest absolute Gasteiger partial charge is 0.352 e. The highest BCUT2D eigenvalue weighted by atomic mass is 19.1. The molecule has 2 heterocycles. The molecule has 4 unspecified atom stereocenters. The average Bonchev–Trinajstić information content (AvgIpc) is 3.24. The summed E-state index contributed by atoms with van der Waals surface area (Å²) < 4.78 is 13.7. The summed E-state index contributed by atoms with van der Waals surface area (Å²) in [6.07, 6.45) is 4.83. The Kier molecular flexibility index (Phi) is 4.91. The molecule has 2 amide bonds. The van der Waals surface area contributed by atoms with E-state index in [1.54, 1.807) is 18.2 Å². The Morgan fingerprint density at radius 2 is 2.04 bits per heavy atom. The van der Waals surface area contributed by atoms with Crippen LogP contribution in [-0.2, 0) is 16.1 Å². The summed E-state index contributed by atoms with van der Waals surface area (Å²) in [6.45, 7) is 0.564. The maximum absolute atomic E-state index is 13.7. The lowest BCUT2D eigenvalue weighted by Gasteiger charge is -2.32. The molecule has 1 aliphatic carbocycles. The molecule has 4 rings (SSSR count). The fraction of sp³-hybridized carbons (Fsp3) is 0.579. The van der Waals surface area contributed by atoms with E-state index in [-0.39, 0.29) is 42.7 Å². The quantitative estimate of drug-likeness (QED) is 0.756. The number of likely N-dealkylation sites (tertiary alicyclic amines) is 1. The van der Waals surface area contributed by atoms with Crippen LogP contribution in [0.5, 0.6) is 0 Å². The lowest BCUT2D eigenvalue weighted by molar-refractivity contribution is -0.131. The first kappa shape index (κ1) is 17.4. The number of hydrogen-bond donors (Lipinski definition) is 3. The van der Waals surface area contributed by atoms with E-state index in [0.717, 1.165) is 12.8 Å². The topological polar surface area (TPSA) is 73.5 Å². The van der Waals surface area contributed by atoms with Crippen LogP contribution in [0.1, 0.15) is 37.7 Å². The van der Waals surface area contributed by atoms with E-state index in [2.05, 4.69) is 16.2 Å². The zero-order valence-electron chi connectivity index (χ0n) is 14.7. The van der Waals surface area contributed by atoms with Gasteiger partial charge in [-0.1, -0.05) is 31.0 Å². The molecule has 2 saturated heterocycles. The number of carbonyl (C=O) groups is 2. The lowest BCUT2D eigenvalue weighted by atomic mass is 9.84. The molecular formula is C19H25FN4O2. The van der Waals surface area contributed by atoms with Gasteiger partial charge in [-0.25, -0.2) is 9.82 Å². The van der Waals surface area contributed by atoms with Gasteiger partial charge in [0.1, 0.15) is 5.82 Å². The van der Waals surface area contributed by atoms with Gasteiger partial charge in [-0.05, 0) is 18.9 Å². The number of nitrogens with zero attached hydrogens (tertiary/aromatic N) is 1. The van der Waals surface area contributed by atoms with Crippen LogP contribution in [0.25, 0.3) is 0 Å². The highest BCUT2D eigenvalue weighted by Crippen LogP contribution is 2.34. The lowest BCUT2D eigenvalue weighted by Crippen LogP contribution is -2.48. The molecule has 7 heteroatoms. The number of hydrazine groups is 1. The van der Waals surface area contributed by atoms with Crippen LogP contribution in [0, 0.1) is 17.7 Å². The molecule has 4 atom stereocenters. The van der Waals surface area contributed by atoms with Crippen LogP contribution in [0.4, 0.5) is 4.39 Å². The molecule has 26 heavy (non-hydrogen) atoms. The van der Waals surface area contributed by atoms with Crippen LogP contribution in [-0.4, -0.2) is 35.5 Å². The molecule has 1 aromatic rings. The smallest absolute Gasteiger partial charge is 0.225 e. The Hall–Kier alpha value is -1.99. The number of benzene rings is 1. The van der Waals surface area contributed by atoms with Gasteiger partial charge in [-0.2, -0.15) is 0 Å². The third kappa shape index (κ3) is 3.33. The van der Waals surface area contributed by atoms with Crippen molar-refractivity contribution in [1.29, 1.82) is 0 Å². The fourth-order valence-electron chi connectivity index (χ4n) is 4.47. The molecule has 0 spiro atoms. The molecule has 1 aromatic carbocycles. The van der Waals surface area contributed by atoms with E-state index in [1.807, 2.05) is 4.90 Å². The molecule has 1 saturated carbocycles. The van der Waals surface area contributed by atoms with E-state index in [0.29, 0.717) is 24.1 Å². The zero-order chi connectivity index (χ0) is 18.1. The summed E-state index contributed by atoms with van der Waals surface area (Å²) in [5.41, 5.74) is 7.04. The standard InChI is InChI=1S/C19H25FN4O2/c20-15-7-3-1-5-12(15)10-21-19(26)13-9-17(25)24(11-13)18-14-6-2-4-8-16(14)22-23-18/h1,3,5,7,13-14,16,18,22-23H,2,4,6,8-11H2,(H,21,26). The predicted octanol–water partition coefficient (Wildman–Crippen LogP) is 1.28. The third-order valence-electron chi connectivity index (χ3n) is 5.92. The second kappa shape index (κ2) is 7.32. The van der Waals surface area contributed by atoms with E-state index in [1.165, 1.54) is 18.9 Å². The van der Waals surface area contributed by atoms with Gasteiger partial charge in [-0.15, -0.1) is 0 Å². The van der Waals surface area contributed by atoms with Gasteiger partial charge in [0.05, 0.1) is 12.1 Å². The monoisotopic (exact) mass is 360 g/mol. The molecule has 0 aromatic heterocycles. The summed E-state index contributed by atoms with van der Waals surface area (Å²) >= 11 is 0. The SMILES string of the molecule is O=C(NCc1ccccc1F)C1CC(=O)N(C2NNC3CCCCC32)C1. The molecule has 0 bridgehead atoms. The minimum atomic E-state index is -0.376. The van der Waals surface area contributed by atoms with Crippen LogP contribution in [0.15, 0.2) is 24.3 Å². The van der Waals surface area contributed by atoms with E-state index in [4.69, 9.17) is 0 Å². The van der Waals surface area contributed by atoms with Crippen molar-refractivity contribution in [2.24, 2.45) is 11.8 Å². The number of carbonyl (C=O) groups excluding carboxylic acids is 2. The van der Waals surface area contributed by atoms with Gasteiger partial charge in [0.15, 0.2) is 0 Å². The molecule has 3 aliphatic rings. The predicted molar refractivity (Wildman–Crippen MR) is 93.9 cm³/mol. The number of rotatable bonds is 4. The maximum Gasteiger partial charge on any atom is 0.225 e. The average molecular weight is 360 g/mol. The molecule has 2 aliphatic heterocycles. The van der Waals surface area contributed by atoms with Crippen molar-refractivity contribution in [3.63, 3.8) is 0 Å². The Bertz CT molecular complexity index is 698. The maximum atomic E-state index is 13.7. The second-order valence-electron chi connectivity index (χ2n) is 7.54. The molecular weight excluding hydrogens is 335 g/mol. The molecule has 140 valence electrons. The highest BCUT2D eigenvalue weighted by Gasteiger charge is 2.46. The van der Waals surface area contributed by atoms with Crippen LogP contribution < -0.4 is 16.2 Å². The first-order chi connectivity index (χ1) is 12.6. The summed E-state index contributed by atoms with van der Waals surface area (Å²) in [6, 6.07) is 6.80. The fourth-order valence-corrected chi connectivity index (χ4v) is 4.47. The number of halogens is 1. The van der Waals surface area contributed by atoms with E-state index < -0.39 is 0 Å². The van der Waals surface area contributed by atoms with E-state index >= 15 is 0 Å². The summed E-state index contributed by atoms with van der Waals surface area (Å²) in [4.78, 5) is 26.8. The number of hydrogen-bond acceptors (Lipinski definition) is 4. The van der Waals surface area contributed by atoms with Crippen molar-refractivity contribution >= 4 is 11.8 Å². The number of nitrogens with one attached hydrogen (secondary N) is 3. The Balaban J connectivity index is 1.35. The van der Waals surface area contributed by atoms with Gasteiger partial charge in [0.25, 0.3) is 0 Å². The molecule has 3 fully saturated rings. The van der Waals surface area contributed by atoms with Gasteiger partial charge in [0, 0.05) is 37.0 Å². The third-order valence-corrected chi connectivity index (χ3v) is 5.92. The van der Waals surface area contributed by atoms with Crippen LogP contribution in [0.2, 0.25) is 0 Å². The minimum absolute atomic E-state index is 0.0153. The normalized spacial score (nSPS) is 31.1. The summed E-state index contributed by atoms with van der Waals surface area (Å²) in [5.74, 6) is -0.468. The van der Waals surface area contributed by atoms with Crippen molar-refractivity contribution < 1.29 is 14.0 Å². The van der Waals surface area contributed by atoms with Crippen molar-refractivity contribution in [2.75, 3.05) is 6.54 Å². The summed E-state index contributed by atoms with van der Waals surface area (Å²) in [7, 11) is 0. The van der Waals surface area contributed by atoms with Gasteiger partial charge in [0.2, 0.25) is 11.8 Å². The second-order valence-corrected chi connectivity index (χ2v) is 7.54. The van der Waals surface area contributed by atoms with Crippen LogP contribution in [0.3, 0.4) is 0 Å². The van der Waals surface area contributed by atoms with Crippen molar-refractivity contribution in [3.8, 4) is 0 Å². The van der Waals surface area contributed by atoms with Crippen molar-refractivity contribution in [1.82, 2.24) is 21.1 Å². The molecule has 6 nitrogen and oxygen atoms in total. The Morgan fingerprint density at radius 1 is 1.23 bits per heavy atom. The Morgan fingerprint density at radius 3 is 2.88 bits per heavy atom. The van der Waals surface area contributed by atoms with Gasteiger partial charge >= 0.3 is 0 Å². The molecule has 0 radical (unpaired) electrons. The minimum Gasteiger partial charge on any atom is -0.352 e. The van der Waals surface area contributed by atoms with E-state index in [9.17, 15) is 14.0 Å². The van der Waals surface area contributed by atoms with Crippen LogP contribution >= 0.6 is 0 Å². The van der Waals surface area contributed by atoms with Crippen molar-refractivity contribution in [2.45, 2.75) is 50.9 Å². The first-order valence-electron chi connectivity index (χ1n) is 9.45. The Labute approximate surface area is 152 Å². The summed E-state index contributed by atoms with van der Waals surface area (Å²) in [5, 5.41) is 2.78. The van der Waals surface area contributed by atoms with Gasteiger partial charge < -0.3 is 10.2 Å². The number of fused-ring (bicyclic) bond motifs is 1.